The molecule has 134 valence electrons. The normalized spacial score (nSPS) is 16.1. The van der Waals surface area contributed by atoms with Gasteiger partial charge in [-0.1, -0.05) is 30.3 Å². The molecule has 2 aromatic carbocycles. The highest BCUT2D eigenvalue weighted by atomic mass is 32.2. The second-order valence-corrected chi connectivity index (χ2v) is 8.94. The summed E-state index contributed by atoms with van der Waals surface area (Å²) in [6, 6.07) is 14.7. The van der Waals surface area contributed by atoms with Crippen LogP contribution >= 0.6 is 11.3 Å². The molecule has 0 bridgehead atoms. The van der Waals surface area contributed by atoms with Crippen molar-refractivity contribution in [1.82, 2.24) is 9.21 Å². The van der Waals surface area contributed by atoms with E-state index in [2.05, 4.69) is 0 Å². The van der Waals surface area contributed by atoms with Crippen LogP contribution in [-0.4, -0.2) is 49.7 Å². The number of thiophene rings is 1. The second kappa shape index (κ2) is 6.83. The molecule has 1 aromatic heterocycles. The standard InChI is InChI=1S/C19H18N2O3S2/c22-19(17-7-12-25-14-17)20-8-10-21(11-9-20)26(23,24)18-6-5-15-3-1-2-4-16(15)13-18/h1-7,12-14H,8-11H2. The fourth-order valence-electron chi connectivity index (χ4n) is 3.18. The molecule has 0 atom stereocenters. The van der Waals surface area contributed by atoms with Gasteiger partial charge in [0.2, 0.25) is 10.0 Å². The van der Waals surface area contributed by atoms with Gasteiger partial charge in [-0.15, -0.1) is 0 Å². The molecule has 4 rings (SSSR count). The van der Waals surface area contributed by atoms with Crippen molar-refractivity contribution in [1.29, 1.82) is 0 Å². The molecule has 0 aliphatic carbocycles. The Morgan fingerprint density at radius 3 is 2.35 bits per heavy atom. The van der Waals surface area contributed by atoms with Gasteiger partial charge in [-0.05, 0) is 34.4 Å². The molecule has 1 fully saturated rings. The minimum Gasteiger partial charge on any atom is -0.336 e. The van der Waals surface area contributed by atoms with Crippen LogP contribution in [0.3, 0.4) is 0 Å². The number of benzene rings is 2. The predicted octanol–water partition coefficient (Wildman–Crippen LogP) is 3.05. The lowest BCUT2D eigenvalue weighted by Crippen LogP contribution is -2.50. The number of rotatable bonds is 3. The van der Waals surface area contributed by atoms with Crippen molar-refractivity contribution in [3.8, 4) is 0 Å². The number of amides is 1. The van der Waals surface area contributed by atoms with E-state index in [0.29, 0.717) is 36.6 Å². The summed E-state index contributed by atoms with van der Waals surface area (Å²) in [7, 11) is -3.56. The maximum absolute atomic E-state index is 13.0. The summed E-state index contributed by atoms with van der Waals surface area (Å²) in [5.41, 5.74) is 0.667. The molecule has 0 unspecified atom stereocenters. The zero-order chi connectivity index (χ0) is 18.1. The zero-order valence-electron chi connectivity index (χ0n) is 14.0. The van der Waals surface area contributed by atoms with Crippen LogP contribution in [0.2, 0.25) is 0 Å². The first kappa shape index (κ1) is 17.2. The van der Waals surface area contributed by atoms with Crippen LogP contribution in [0.15, 0.2) is 64.2 Å². The third kappa shape index (κ3) is 3.13. The fourth-order valence-corrected chi connectivity index (χ4v) is 5.27. The zero-order valence-corrected chi connectivity index (χ0v) is 15.7. The van der Waals surface area contributed by atoms with E-state index in [0.717, 1.165) is 10.8 Å². The van der Waals surface area contributed by atoms with Crippen LogP contribution in [-0.2, 0) is 10.0 Å². The quantitative estimate of drug-likeness (QED) is 0.695. The number of hydrogen-bond donors (Lipinski definition) is 0. The third-order valence-electron chi connectivity index (χ3n) is 4.65. The highest BCUT2D eigenvalue weighted by Gasteiger charge is 2.30. The summed E-state index contributed by atoms with van der Waals surface area (Å²) in [6.45, 7) is 1.43. The van der Waals surface area contributed by atoms with Crippen LogP contribution in [0.5, 0.6) is 0 Å². The van der Waals surface area contributed by atoms with E-state index >= 15 is 0 Å². The number of sulfonamides is 1. The summed E-state index contributed by atoms with van der Waals surface area (Å²) in [5.74, 6) is -0.0333. The minimum absolute atomic E-state index is 0.0333. The number of carbonyl (C=O) groups is 1. The second-order valence-electron chi connectivity index (χ2n) is 6.22. The molecule has 1 aliphatic rings. The van der Waals surface area contributed by atoms with Crippen molar-refractivity contribution in [3.63, 3.8) is 0 Å². The Morgan fingerprint density at radius 2 is 1.65 bits per heavy atom. The predicted molar refractivity (Wildman–Crippen MR) is 103 cm³/mol. The summed E-state index contributed by atoms with van der Waals surface area (Å²) in [4.78, 5) is 14.4. The van der Waals surface area contributed by atoms with Crippen molar-refractivity contribution < 1.29 is 13.2 Å². The number of hydrogen-bond acceptors (Lipinski definition) is 4. The van der Waals surface area contributed by atoms with Crippen molar-refractivity contribution in [2.45, 2.75) is 4.90 Å². The molecule has 26 heavy (non-hydrogen) atoms. The number of carbonyl (C=O) groups excluding carboxylic acids is 1. The molecule has 1 aliphatic heterocycles. The minimum atomic E-state index is -3.56. The Bertz CT molecular complexity index is 1040. The lowest BCUT2D eigenvalue weighted by molar-refractivity contribution is 0.0698. The lowest BCUT2D eigenvalue weighted by Gasteiger charge is -2.34. The van der Waals surface area contributed by atoms with Crippen molar-refractivity contribution in [2.75, 3.05) is 26.2 Å². The van der Waals surface area contributed by atoms with Crippen molar-refractivity contribution in [3.05, 3.63) is 64.9 Å². The molecule has 5 nitrogen and oxygen atoms in total. The maximum Gasteiger partial charge on any atom is 0.254 e. The summed E-state index contributed by atoms with van der Waals surface area (Å²) in [6.07, 6.45) is 0. The first-order valence-corrected chi connectivity index (χ1v) is 10.7. The maximum atomic E-state index is 13.0. The van der Waals surface area contributed by atoms with Crippen molar-refractivity contribution in [2.24, 2.45) is 0 Å². The van der Waals surface area contributed by atoms with Crippen LogP contribution < -0.4 is 0 Å². The highest BCUT2D eigenvalue weighted by Crippen LogP contribution is 2.23. The van der Waals surface area contributed by atoms with Gasteiger partial charge >= 0.3 is 0 Å². The Labute approximate surface area is 156 Å². The van der Waals surface area contributed by atoms with Gasteiger partial charge in [0.05, 0.1) is 10.5 Å². The van der Waals surface area contributed by atoms with Gasteiger partial charge < -0.3 is 4.90 Å². The molecule has 1 saturated heterocycles. The Morgan fingerprint density at radius 1 is 0.923 bits per heavy atom. The Kier molecular flexibility index (Phi) is 4.52. The van der Waals surface area contributed by atoms with Gasteiger partial charge in [0, 0.05) is 31.6 Å². The van der Waals surface area contributed by atoms with E-state index in [1.54, 1.807) is 23.1 Å². The molecule has 2 heterocycles. The number of piperazine rings is 1. The Hall–Kier alpha value is -2.22. The number of nitrogens with zero attached hydrogens (tertiary/aromatic N) is 2. The average molecular weight is 386 g/mol. The molecule has 0 radical (unpaired) electrons. The highest BCUT2D eigenvalue weighted by molar-refractivity contribution is 7.89. The van der Waals surface area contributed by atoms with Gasteiger partial charge in [0.15, 0.2) is 0 Å². The molecule has 0 N–H and O–H groups in total. The third-order valence-corrected chi connectivity index (χ3v) is 7.23. The molecule has 0 spiro atoms. The topological polar surface area (TPSA) is 57.7 Å². The first-order valence-electron chi connectivity index (χ1n) is 8.36. The van der Waals surface area contributed by atoms with Gasteiger partial charge in [0.25, 0.3) is 5.91 Å². The molecule has 0 saturated carbocycles. The van der Waals surface area contributed by atoms with Gasteiger partial charge in [0.1, 0.15) is 0 Å². The summed E-state index contributed by atoms with van der Waals surface area (Å²) in [5, 5.41) is 5.60. The number of fused-ring (bicyclic) bond motifs is 1. The largest absolute Gasteiger partial charge is 0.336 e. The van der Waals surface area contributed by atoms with Gasteiger partial charge in [-0.25, -0.2) is 8.42 Å². The smallest absolute Gasteiger partial charge is 0.254 e. The summed E-state index contributed by atoms with van der Waals surface area (Å²) >= 11 is 1.48. The molecular weight excluding hydrogens is 368 g/mol. The van der Waals surface area contributed by atoms with Crippen molar-refractivity contribution >= 4 is 38.0 Å². The van der Waals surface area contributed by atoms with E-state index in [9.17, 15) is 13.2 Å². The SMILES string of the molecule is O=C(c1ccsc1)N1CCN(S(=O)(=O)c2ccc3ccccc3c2)CC1. The van der Waals surface area contributed by atoms with E-state index in [4.69, 9.17) is 0 Å². The van der Waals surface area contributed by atoms with E-state index < -0.39 is 10.0 Å². The first-order chi connectivity index (χ1) is 12.6. The van der Waals surface area contributed by atoms with E-state index in [1.165, 1.54) is 15.6 Å². The monoisotopic (exact) mass is 386 g/mol. The van der Waals surface area contributed by atoms with Gasteiger partial charge in [-0.3, -0.25) is 4.79 Å². The van der Waals surface area contributed by atoms with Crippen LogP contribution in [0.25, 0.3) is 10.8 Å². The molecule has 3 aromatic rings. The fraction of sp³-hybridized carbons (Fsp3) is 0.211. The Balaban J connectivity index is 1.51. The molecular formula is C19H18N2O3S2. The molecule has 1 amide bonds. The summed E-state index contributed by atoms with van der Waals surface area (Å²) < 4.78 is 27.4. The van der Waals surface area contributed by atoms with E-state index in [1.807, 2.05) is 41.1 Å². The lowest BCUT2D eigenvalue weighted by atomic mass is 10.1. The van der Waals surface area contributed by atoms with Crippen LogP contribution in [0.1, 0.15) is 10.4 Å². The van der Waals surface area contributed by atoms with Gasteiger partial charge in [-0.2, -0.15) is 15.6 Å². The average Bonchev–Trinajstić information content (AvgIpc) is 3.22. The van der Waals surface area contributed by atoms with E-state index in [-0.39, 0.29) is 5.91 Å². The molecule has 7 heteroatoms. The van der Waals surface area contributed by atoms with Crippen LogP contribution in [0.4, 0.5) is 0 Å². The van der Waals surface area contributed by atoms with Crippen LogP contribution in [0, 0.1) is 0 Å².